The van der Waals surface area contributed by atoms with Gasteiger partial charge in [0.05, 0.1) is 5.69 Å². The number of amides is 1. The first kappa shape index (κ1) is 10.9. The fourth-order valence-electron chi connectivity index (χ4n) is 2.32. The van der Waals surface area contributed by atoms with Crippen molar-refractivity contribution in [2.24, 2.45) is 11.7 Å². The summed E-state index contributed by atoms with van der Waals surface area (Å²) in [4.78, 5) is 11.4. The quantitative estimate of drug-likeness (QED) is 0.820. The summed E-state index contributed by atoms with van der Waals surface area (Å²) in [6.45, 7) is 2.05. The van der Waals surface area contributed by atoms with E-state index < -0.39 is 11.4 Å². The van der Waals surface area contributed by atoms with Crippen LogP contribution in [-0.2, 0) is 4.79 Å². The molecule has 0 aromatic heterocycles. The van der Waals surface area contributed by atoms with Crippen LogP contribution in [0.5, 0.6) is 0 Å². The molecule has 16 heavy (non-hydrogen) atoms. The average Bonchev–Trinajstić information content (AvgIpc) is 2.18. The first-order valence-corrected chi connectivity index (χ1v) is 5.36. The zero-order valence-corrected chi connectivity index (χ0v) is 9.16. The Labute approximate surface area is 93.8 Å². The van der Waals surface area contributed by atoms with Gasteiger partial charge in [-0.25, -0.2) is 4.39 Å². The third-order valence-corrected chi connectivity index (χ3v) is 3.11. The van der Waals surface area contributed by atoms with Crippen LogP contribution in [0.25, 0.3) is 0 Å². The molecular weight excluding hydrogens is 207 g/mol. The summed E-state index contributed by atoms with van der Waals surface area (Å²) >= 11 is 0. The van der Waals surface area contributed by atoms with Gasteiger partial charge in [-0.2, -0.15) is 0 Å². The lowest BCUT2D eigenvalue weighted by molar-refractivity contribution is -0.126. The van der Waals surface area contributed by atoms with E-state index >= 15 is 0 Å². The van der Waals surface area contributed by atoms with Gasteiger partial charge in [0.15, 0.2) is 0 Å². The second kappa shape index (κ2) is 3.77. The van der Waals surface area contributed by atoms with Gasteiger partial charge < -0.3 is 11.1 Å². The number of anilines is 1. The predicted molar refractivity (Wildman–Crippen MR) is 60.3 cm³/mol. The fraction of sp³-hybridized carbons (Fsp3) is 0.417. The van der Waals surface area contributed by atoms with Gasteiger partial charge in [0.25, 0.3) is 0 Å². The maximum absolute atomic E-state index is 13.4. The number of para-hydroxylation sites is 1. The van der Waals surface area contributed by atoms with E-state index in [0.29, 0.717) is 24.4 Å². The van der Waals surface area contributed by atoms with Gasteiger partial charge in [-0.1, -0.05) is 19.1 Å². The summed E-state index contributed by atoms with van der Waals surface area (Å²) in [7, 11) is 0. The number of hydrogen-bond acceptors (Lipinski definition) is 2. The average molecular weight is 222 g/mol. The molecule has 4 heteroatoms. The minimum Gasteiger partial charge on any atom is -0.369 e. The molecule has 0 unspecified atom stereocenters. The molecule has 1 amide bonds. The second-order valence-electron chi connectivity index (χ2n) is 4.56. The van der Waals surface area contributed by atoms with E-state index in [1.54, 1.807) is 18.2 Å². The first-order chi connectivity index (χ1) is 7.53. The predicted octanol–water partition coefficient (Wildman–Crippen LogP) is 1.89. The van der Waals surface area contributed by atoms with Crippen LogP contribution in [0.4, 0.5) is 10.1 Å². The van der Waals surface area contributed by atoms with Crippen LogP contribution in [0.2, 0.25) is 0 Å². The zero-order chi connectivity index (χ0) is 11.8. The third-order valence-electron chi connectivity index (χ3n) is 3.11. The van der Waals surface area contributed by atoms with E-state index in [2.05, 4.69) is 5.32 Å². The van der Waals surface area contributed by atoms with Crippen molar-refractivity contribution in [1.82, 2.24) is 0 Å². The van der Waals surface area contributed by atoms with E-state index in [9.17, 15) is 9.18 Å². The van der Waals surface area contributed by atoms with Crippen LogP contribution in [0.3, 0.4) is 0 Å². The molecule has 0 radical (unpaired) electrons. The van der Waals surface area contributed by atoms with Gasteiger partial charge in [0, 0.05) is 0 Å². The Bertz CT molecular complexity index is 413. The number of halogens is 1. The van der Waals surface area contributed by atoms with E-state index in [1.807, 2.05) is 6.92 Å². The Hall–Kier alpha value is -1.58. The molecule has 1 aromatic carbocycles. The van der Waals surface area contributed by atoms with Gasteiger partial charge in [-0.05, 0) is 30.9 Å². The molecule has 0 aliphatic heterocycles. The van der Waals surface area contributed by atoms with Crippen molar-refractivity contribution < 1.29 is 9.18 Å². The SMILES string of the molecule is CC1CC(Nc2ccccc2F)(C(N)=O)C1. The highest BCUT2D eigenvalue weighted by Gasteiger charge is 2.47. The number of rotatable bonds is 3. The molecule has 86 valence electrons. The fourth-order valence-corrected chi connectivity index (χ4v) is 2.32. The van der Waals surface area contributed by atoms with Gasteiger partial charge in [0.1, 0.15) is 11.4 Å². The Morgan fingerprint density at radius 2 is 2.12 bits per heavy atom. The van der Waals surface area contributed by atoms with Crippen LogP contribution >= 0.6 is 0 Å². The second-order valence-corrected chi connectivity index (χ2v) is 4.56. The number of carbonyl (C=O) groups is 1. The summed E-state index contributed by atoms with van der Waals surface area (Å²) in [5.41, 5.74) is 4.95. The van der Waals surface area contributed by atoms with Gasteiger partial charge in [-0.3, -0.25) is 4.79 Å². The molecule has 1 aliphatic rings. The lowest BCUT2D eigenvalue weighted by Crippen LogP contribution is -2.58. The molecule has 0 atom stereocenters. The van der Waals surface area contributed by atoms with E-state index in [0.717, 1.165) is 0 Å². The lowest BCUT2D eigenvalue weighted by atomic mass is 9.68. The van der Waals surface area contributed by atoms with Crippen LogP contribution in [0, 0.1) is 11.7 Å². The minimum absolute atomic E-state index is 0.341. The Morgan fingerprint density at radius 3 is 2.62 bits per heavy atom. The van der Waals surface area contributed by atoms with Crippen molar-refractivity contribution in [2.75, 3.05) is 5.32 Å². The van der Waals surface area contributed by atoms with E-state index in [-0.39, 0.29) is 5.82 Å². The highest BCUT2D eigenvalue weighted by molar-refractivity contribution is 5.89. The molecule has 1 fully saturated rings. The highest BCUT2D eigenvalue weighted by atomic mass is 19.1. The first-order valence-electron chi connectivity index (χ1n) is 5.36. The van der Waals surface area contributed by atoms with Crippen LogP contribution in [0.1, 0.15) is 19.8 Å². The van der Waals surface area contributed by atoms with Crippen molar-refractivity contribution in [2.45, 2.75) is 25.3 Å². The molecule has 3 nitrogen and oxygen atoms in total. The maximum atomic E-state index is 13.4. The lowest BCUT2D eigenvalue weighted by Gasteiger charge is -2.45. The van der Waals surface area contributed by atoms with Gasteiger partial charge in [0.2, 0.25) is 5.91 Å². The summed E-state index contributed by atoms with van der Waals surface area (Å²) in [6.07, 6.45) is 1.33. The van der Waals surface area contributed by atoms with Crippen LogP contribution in [-0.4, -0.2) is 11.4 Å². The molecule has 1 saturated carbocycles. The summed E-state index contributed by atoms with van der Waals surface area (Å²) < 4.78 is 13.4. The molecule has 3 N–H and O–H groups in total. The molecule has 2 rings (SSSR count). The molecule has 1 aromatic rings. The number of benzene rings is 1. The number of nitrogens with one attached hydrogen (secondary N) is 1. The topological polar surface area (TPSA) is 55.1 Å². The van der Waals surface area contributed by atoms with Crippen molar-refractivity contribution in [3.63, 3.8) is 0 Å². The van der Waals surface area contributed by atoms with E-state index in [1.165, 1.54) is 6.07 Å². The number of carbonyl (C=O) groups excluding carboxylic acids is 1. The summed E-state index contributed by atoms with van der Waals surface area (Å²) in [6, 6.07) is 6.31. The molecule has 0 heterocycles. The molecule has 0 spiro atoms. The maximum Gasteiger partial charge on any atom is 0.243 e. The molecular formula is C12H15FN2O. The molecule has 0 bridgehead atoms. The zero-order valence-electron chi connectivity index (χ0n) is 9.16. The van der Waals surface area contributed by atoms with Crippen molar-refractivity contribution in [3.05, 3.63) is 30.1 Å². The smallest absolute Gasteiger partial charge is 0.243 e. The van der Waals surface area contributed by atoms with Gasteiger partial charge >= 0.3 is 0 Å². The summed E-state index contributed by atoms with van der Waals surface area (Å²) in [5.74, 6) is -0.316. The van der Waals surface area contributed by atoms with Crippen LogP contribution < -0.4 is 11.1 Å². The normalized spacial score (nSPS) is 28.2. The molecule has 0 saturated heterocycles. The molecule has 1 aliphatic carbocycles. The van der Waals surface area contributed by atoms with Crippen molar-refractivity contribution >= 4 is 11.6 Å². The highest BCUT2D eigenvalue weighted by Crippen LogP contribution is 2.40. The Kier molecular flexibility index (Phi) is 2.58. The van der Waals surface area contributed by atoms with Crippen molar-refractivity contribution in [1.29, 1.82) is 0 Å². The van der Waals surface area contributed by atoms with Crippen LogP contribution in [0.15, 0.2) is 24.3 Å². The minimum atomic E-state index is -0.762. The number of nitrogens with two attached hydrogens (primary N) is 1. The number of primary amides is 1. The monoisotopic (exact) mass is 222 g/mol. The largest absolute Gasteiger partial charge is 0.369 e. The third kappa shape index (κ3) is 1.75. The Balaban J connectivity index is 2.20. The Morgan fingerprint density at radius 1 is 1.50 bits per heavy atom. The van der Waals surface area contributed by atoms with E-state index in [4.69, 9.17) is 5.73 Å². The van der Waals surface area contributed by atoms with Crippen molar-refractivity contribution in [3.8, 4) is 0 Å². The number of hydrogen-bond donors (Lipinski definition) is 2. The summed E-state index contributed by atoms with van der Waals surface area (Å²) in [5, 5.41) is 2.94. The standard InChI is InChI=1S/C12H15FN2O/c1-8-6-12(7-8,11(14)16)15-10-5-3-2-4-9(10)13/h2-5,8,15H,6-7H2,1H3,(H2,14,16). The van der Waals surface area contributed by atoms with Gasteiger partial charge in [-0.15, -0.1) is 0 Å².